The molecule has 1 saturated heterocycles. The smallest absolute Gasteiger partial charge is 0.338 e. The van der Waals surface area contributed by atoms with E-state index in [2.05, 4.69) is 5.32 Å². The van der Waals surface area contributed by atoms with Gasteiger partial charge in [0.15, 0.2) is 0 Å². The van der Waals surface area contributed by atoms with Crippen LogP contribution in [0.4, 0.5) is 0 Å². The van der Waals surface area contributed by atoms with Crippen LogP contribution in [-0.2, 0) is 9.47 Å². The van der Waals surface area contributed by atoms with Crippen molar-refractivity contribution in [2.45, 2.75) is 31.8 Å². The molecule has 1 atom stereocenters. The van der Waals surface area contributed by atoms with Crippen LogP contribution in [0.5, 0.6) is 0 Å². The molecule has 2 aromatic carbocycles. The molecule has 1 N–H and O–H groups in total. The molecular weight excluding hydrogens is 342 g/mol. The molecule has 3 rings (SSSR count). The largest absolute Gasteiger partial charge is 0.465 e. The van der Waals surface area contributed by atoms with Crippen LogP contribution < -0.4 is 5.32 Å². The highest BCUT2D eigenvalue weighted by atomic mass is 16.5. The highest BCUT2D eigenvalue weighted by Gasteiger charge is 2.16. The van der Waals surface area contributed by atoms with Crippen LogP contribution in [0.2, 0.25) is 0 Å². The Morgan fingerprint density at radius 2 is 2.00 bits per heavy atom. The van der Waals surface area contributed by atoms with Crippen molar-refractivity contribution < 1.29 is 19.1 Å². The van der Waals surface area contributed by atoms with Crippen molar-refractivity contribution in [3.63, 3.8) is 0 Å². The van der Waals surface area contributed by atoms with Crippen LogP contribution in [-0.4, -0.2) is 38.2 Å². The summed E-state index contributed by atoms with van der Waals surface area (Å²) in [6, 6.07) is 14.5. The maximum absolute atomic E-state index is 12.5. The van der Waals surface area contributed by atoms with Crippen molar-refractivity contribution >= 4 is 11.9 Å². The lowest BCUT2D eigenvalue weighted by molar-refractivity contribution is 0.0117. The first-order valence-corrected chi connectivity index (χ1v) is 9.36. The van der Waals surface area contributed by atoms with Crippen molar-refractivity contribution in [3.8, 4) is 11.1 Å². The van der Waals surface area contributed by atoms with E-state index in [1.54, 1.807) is 24.3 Å². The lowest BCUT2D eigenvalue weighted by Gasteiger charge is -2.22. The fourth-order valence-electron chi connectivity index (χ4n) is 3.33. The molecule has 0 aliphatic carbocycles. The molecule has 0 unspecified atom stereocenters. The minimum absolute atomic E-state index is 0.122. The molecule has 0 bridgehead atoms. The van der Waals surface area contributed by atoms with Gasteiger partial charge in [-0.1, -0.05) is 30.3 Å². The summed E-state index contributed by atoms with van der Waals surface area (Å²) in [6.45, 7) is 1.41. The van der Waals surface area contributed by atoms with E-state index in [-0.39, 0.29) is 12.0 Å². The molecule has 1 fully saturated rings. The predicted molar refractivity (Wildman–Crippen MR) is 104 cm³/mol. The molecule has 142 valence electrons. The Balaban J connectivity index is 1.68. The van der Waals surface area contributed by atoms with Crippen LogP contribution in [0.1, 0.15) is 46.4 Å². The first kappa shape index (κ1) is 19.1. The Hall–Kier alpha value is -2.66. The molecule has 0 aromatic heterocycles. The predicted octanol–water partition coefficient (Wildman–Crippen LogP) is 3.83. The number of ether oxygens (including phenoxy) is 2. The van der Waals surface area contributed by atoms with Gasteiger partial charge >= 0.3 is 5.97 Å². The van der Waals surface area contributed by atoms with Gasteiger partial charge in [0, 0.05) is 18.7 Å². The number of carbonyl (C=O) groups excluding carboxylic acids is 2. The Kier molecular flexibility index (Phi) is 6.60. The van der Waals surface area contributed by atoms with Gasteiger partial charge in [-0.3, -0.25) is 4.79 Å². The standard InChI is InChI=1S/C22H25NO4/c1-26-22(25)20-11-3-2-10-19(20)16-7-6-8-17(15-16)21(24)23-13-12-18-9-4-5-14-27-18/h2-3,6-8,10-11,15,18H,4-5,9,12-14H2,1H3,(H,23,24)/t18-/m0/s1. The normalized spacial score (nSPS) is 16.6. The number of amides is 1. The van der Waals surface area contributed by atoms with Crippen molar-refractivity contribution in [3.05, 3.63) is 59.7 Å². The van der Waals surface area contributed by atoms with E-state index in [4.69, 9.17) is 9.47 Å². The van der Waals surface area contributed by atoms with Crippen LogP contribution >= 0.6 is 0 Å². The number of rotatable bonds is 6. The van der Waals surface area contributed by atoms with Gasteiger partial charge in [0.1, 0.15) is 0 Å². The second-order valence-corrected chi connectivity index (χ2v) is 6.65. The Morgan fingerprint density at radius 1 is 1.15 bits per heavy atom. The summed E-state index contributed by atoms with van der Waals surface area (Å²) in [5, 5.41) is 2.96. The molecular formula is C22H25NO4. The highest BCUT2D eigenvalue weighted by molar-refractivity contribution is 5.99. The average Bonchev–Trinajstić information content (AvgIpc) is 2.74. The van der Waals surface area contributed by atoms with Gasteiger partial charge in [-0.05, 0) is 55.0 Å². The van der Waals surface area contributed by atoms with Gasteiger partial charge in [-0.2, -0.15) is 0 Å². The van der Waals surface area contributed by atoms with E-state index in [0.717, 1.165) is 37.0 Å². The van der Waals surface area contributed by atoms with Crippen LogP contribution in [0, 0.1) is 0 Å². The fourth-order valence-corrected chi connectivity index (χ4v) is 3.33. The maximum atomic E-state index is 12.5. The Labute approximate surface area is 159 Å². The van der Waals surface area contributed by atoms with Gasteiger partial charge in [0.25, 0.3) is 5.91 Å². The lowest BCUT2D eigenvalue weighted by Crippen LogP contribution is -2.29. The molecule has 1 heterocycles. The molecule has 5 heteroatoms. The summed E-state index contributed by atoms with van der Waals surface area (Å²) in [5.74, 6) is -0.517. The number of benzene rings is 2. The van der Waals surface area contributed by atoms with Crippen LogP contribution in [0.3, 0.4) is 0 Å². The summed E-state index contributed by atoms with van der Waals surface area (Å²) in [7, 11) is 1.36. The van der Waals surface area contributed by atoms with Gasteiger partial charge in [-0.15, -0.1) is 0 Å². The van der Waals surface area contributed by atoms with Gasteiger partial charge in [0.2, 0.25) is 0 Å². The Bertz CT molecular complexity index is 796. The fraction of sp³-hybridized carbons (Fsp3) is 0.364. The van der Waals surface area contributed by atoms with Gasteiger partial charge in [-0.25, -0.2) is 4.79 Å². The van der Waals surface area contributed by atoms with Crippen molar-refractivity contribution in [1.29, 1.82) is 0 Å². The second-order valence-electron chi connectivity index (χ2n) is 6.65. The van der Waals surface area contributed by atoms with E-state index in [1.165, 1.54) is 13.5 Å². The number of nitrogens with one attached hydrogen (secondary N) is 1. The summed E-state index contributed by atoms with van der Waals surface area (Å²) in [4.78, 5) is 24.5. The number of methoxy groups -OCH3 is 1. The average molecular weight is 367 g/mol. The highest BCUT2D eigenvalue weighted by Crippen LogP contribution is 2.25. The maximum Gasteiger partial charge on any atom is 0.338 e. The second kappa shape index (κ2) is 9.33. The van der Waals surface area contributed by atoms with Crippen LogP contribution in [0.25, 0.3) is 11.1 Å². The van der Waals surface area contributed by atoms with E-state index in [9.17, 15) is 9.59 Å². The zero-order valence-corrected chi connectivity index (χ0v) is 15.6. The molecule has 0 saturated carbocycles. The summed E-state index contributed by atoms with van der Waals surface area (Å²) in [6.07, 6.45) is 4.47. The van der Waals surface area contributed by atoms with Crippen molar-refractivity contribution in [2.24, 2.45) is 0 Å². The molecule has 5 nitrogen and oxygen atoms in total. The Morgan fingerprint density at radius 3 is 2.78 bits per heavy atom. The summed E-state index contributed by atoms with van der Waals surface area (Å²) < 4.78 is 10.6. The van der Waals surface area contributed by atoms with E-state index in [0.29, 0.717) is 17.7 Å². The first-order valence-electron chi connectivity index (χ1n) is 9.36. The number of hydrogen-bond donors (Lipinski definition) is 1. The zero-order chi connectivity index (χ0) is 19.1. The molecule has 2 aromatic rings. The number of carbonyl (C=O) groups is 2. The molecule has 1 aliphatic heterocycles. The van der Waals surface area contributed by atoms with E-state index < -0.39 is 5.97 Å². The summed E-state index contributed by atoms with van der Waals surface area (Å²) in [5.41, 5.74) is 2.60. The monoisotopic (exact) mass is 367 g/mol. The third-order valence-corrected chi connectivity index (χ3v) is 4.79. The molecule has 1 amide bonds. The molecule has 0 radical (unpaired) electrons. The van der Waals surface area contributed by atoms with Crippen molar-refractivity contribution in [2.75, 3.05) is 20.3 Å². The third kappa shape index (κ3) is 4.95. The lowest BCUT2D eigenvalue weighted by atomic mass is 9.98. The van der Waals surface area contributed by atoms with Crippen molar-refractivity contribution in [1.82, 2.24) is 5.32 Å². The SMILES string of the molecule is COC(=O)c1ccccc1-c1cccc(C(=O)NCC[C@@H]2CCCCO2)c1. The first-order chi connectivity index (χ1) is 13.2. The quantitative estimate of drug-likeness (QED) is 0.788. The number of esters is 1. The third-order valence-electron chi connectivity index (χ3n) is 4.79. The number of hydrogen-bond acceptors (Lipinski definition) is 4. The molecule has 0 spiro atoms. The molecule has 1 aliphatic rings. The molecule has 27 heavy (non-hydrogen) atoms. The van der Waals surface area contributed by atoms with Gasteiger partial charge < -0.3 is 14.8 Å². The van der Waals surface area contributed by atoms with E-state index >= 15 is 0 Å². The van der Waals surface area contributed by atoms with E-state index in [1.807, 2.05) is 24.3 Å². The summed E-state index contributed by atoms with van der Waals surface area (Å²) >= 11 is 0. The minimum Gasteiger partial charge on any atom is -0.465 e. The van der Waals surface area contributed by atoms with Gasteiger partial charge in [0.05, 0.1) is 18.8 Å². The topological polar surface area (TPSA) is 64.6 Å². The minimum atomic E-state index is -0.395. The van der Waals surface area contributed by atoms with Crippen LogP contribution in [0.15, 0.2) is 48.5 Å². The zero-order valence-electron chi connectivity index (χ0n) is 15.6.